The van der Waals surface area contributed by atoms with Gasteiger partial charge in [-0.05, 0) is 46.8 Å². The van der Waals surface area contributed by atoms with E-state index in [0.717, 1.165) is 49.0 Å². The first-order valence-electron chi connectivity index (χ1n) is 10.4. The van der Waals surface area contributed by atoms with Crippen LogP contribution in [0.25, 0.3) is 0 Å². The summed E-state index contributed by atoms with van der Waals surface area (Å²) in [7, 11) is 3.36. The number of tetrazole rings is 1. The van der Waals surface area contributed by atoms with Crippen molar-refractivity contribution in [3.05, 3.63) is 65.7 Å². The number of ether oxygens (including phenoxy) is 2. The van der Waals surface area contributed by atoms with Gasteiger partial charge in [0.2, 0.25) is 5.82 Å². The molecule has 1 atom stereocenters. The molecule has 1 aliphatic heterocycles. The number of quaternary nitrogens is 1. The van der Waals surface area contributed by atoms with Crippen molar-refractivity contribution >= 4 is 5.69 Å². The summed E-state index contributed by atoms with van der Waals surface area (Å²) in [6.07, 6.45) is 0. The molecule has 0 spiro atoms. The lowest BCUT2D eigenvalue weighted by atomic mass is 10.0. The van der Waals surface area contributed by atoms with Gasteiger partial charge < -0.3 is 19.3 Å². The fourth-order valence-electron chi connectivity index (χ4n) is 4.19. The molecule has 3 aromatic rings. The second-order valence-corrected chi connectivity index (χ2v) is 7.55. The van der Waals surface area contributed by atoms with Gasteiger partial charge in [-0.1, -0.05) is 12.1 Å². The van der Waals surface area contributed by atoms with Crippen molar-refractivity contribution in [2.75, 3.05) is 51.9 Å². The van der Waals surface area contributed by atoms with Crippen LogP contribution in [0.15, 0.2) is 48.5 Å². The van der Waals surface area contributed by atoms with E-state index in [1.165, 1.54) is 17.0 Å². The lowest BCUT2D eigenvalue weighted by Crippen LogP contribution is -3.15. The molecule has 1 fully saturated rings. The number of nitrogens with one attached hydrogen (secondary N) is 1. The minimum atomic E-state index is -0.252. The molecule has 0 radical (unpaired) electrons. The summed E-state index contributed by atoms with van der Waals surface area (Å²) in [5.74, 6) is 1.39. The zero-order chi connectivity index (χ0) is 21.6. The van der Waals surface area contributed by atoms with Crippen LogP contribution in [0.3, 0.4) is 0 Å². The van der Waals surface area contributed by atoms with E-state index in [9.17, 15) is 4.39 Å². The SMILES string of the molecule is COCCn1nnnc1[C@@H](c1ccc(F)cc1)[NH+]1CCN(c2ccccc2OC)CC1. The predicted molar refractivity (Wildman–Crippen MR) is 114 cm³/mol. The molecule has 0 aliphatic carbocycles. The van der Waals surface area contributed by atoms with Crippen LogP contribution in [0.1, 0.15) is 17.4 Å². The lowest BCUT2D eigenvalue weighted by Gasteiger charge is -2.37. The van der Waals surface area contributed by atoms with Gasteiger partial charge in [-0.3, -0.25) is 0 Å². The molecule has 2 heterocycles. The standard InChI is InChI=1S/C22H27FN6O2/c1-30-16-15-29-22(24-25-26-29)21(17-7-9-18(23)10-8-17)28-13-11-27(12-14-28)19-5-3-4-6-20(19)31-2/h3-10,21H,11-16H2,1-2H3/p+1/t21-/m1/s1. The number of nitrogens with zero attached hydrogens (tertiary/aromatic N) is 5. The molecule has 1 aromatic heterocycles. The first-order chi connectivity index (χ1) is 15.2. The largest absolute Gasteiger partial charge is 0.495 e. The van der Waals surface area contributed by atoms with Gasteiger partial charge in [0.15, 0.2) is 6.04 Å². The molecule has 1 saturated heterocycles. The van der Waals surface area contributed by atoms with Gasteiger partial charge in [0.05, 0.1) is 52.1 Å². The van der Waals surface area contributed by atoms with E-state index < -0.39 is 0 Å². The van der Waals surface area contributed by atoms with Crippen LogP contribution in [0.2, 0.25) is 0 Å². The molecule has 0 bridgehead atoms. The van der Waals surface area contributed by atoms with Crippen molar-refractivity contribution in [1.29, 1.82) is 0 Å². The summed E-state index contributed by atoms with van der Waals surface area (Å²) < 4.78 is 26.1. The Morgan fingerprint density at radius 2 is 1.81 bits per heavy atom. The smallest absolute Gasteiger partial charge is 0.214 e. The zero-order valence-electron chi connectivity index (χ0n) is 17.9. The predicted octanol–water partition coefficient (Wildman–Crippen LogP) is 0.962. The summed E-state index contributed by atoms with van der Waals surface area (Å²) in [6, 6.07) is 14.6. The van der Waals surface area contributed by atoms with Crippen molar-refractivity contribution < 1.29 is 18.8 Å². The van der Waals surface area contributed by atoms with Gasteiger partial charge in [0.1, 0.15) is 11.6 Å². The van der Waals surface area contributed by atoms with Gasteiger partial charge in [-0.15, -0.1) is 5.10 Å². The average Bonchev–Trinajstić information content (AvgIpc) is 3.27. The first-order valence-corrected chi connectivity index (χ1v) is 10.4. The van der Waals surface area contributed by atoms with Crippen LogP contribution in [0.4, 0.5) is 10.1 Å². The Balaban J connectivity index is 1.58. The summed E-state index contributed by atoms with van der Waals surface area (Å²) in [5, 5.41) is 12.4. The molecule has 1 N–H and O–H groups in total. The first kappa shape index (κ1) is 21.2. The summed E-state index contributed by atoms with van der Waals surface area (Å²) in [6.45, 7) is 4.59. The number of piperazine rings is 1. The quantitative estimate of drug-likeness (QED) is 0.578. The van der Waals surface area contributed by atoms with E-state index in [-0.39, 0.29) is 11.9 Å². The third kappa shape index (κ3) is 4.67. The highest BCUT2D eigenvalue weighted by Crippen LogP contribution is 2.27. The second kappa shape index (κ2) is 9.84. The highest BCUT2D eigenvalue weighted by Gasteiger charge is 2.34. The van der Waals surface area contributed by atoms with Crippen LogP contribution in [0.5, 0.6) is 5.75 Å². The molecule has 0 unspecified atom stereocenters. The van der Waals surface area contributed by atoms with E-state index in [0.29, 0.717) is 13.2 Å². The zero-order valence-corrected chi connectivity index (χ0v) is 17.9. The molecular formula is C22H28FN6O2+. The Morgan fingerprint density at radius 3 is 2.52 bits per heavy atom. The fraction of sp³-hybridized carbons (Fsp3) is 0.409. The third-order valence-electron chi connectivity index (χ3n) is 5.77. The molecule has 0 saturated carbocycles. The Kier molecular flexibility index (Phi) is 6.73. The number of anilines is 1. The number of hydrogen-bond donors (Lipinski definition) is 1. The molecule has 8 nitrogen and oxygen atoms in total. The van der Waals surface area contributed by atoms with Gasteiger partial charge in [0.25, 0.3) is 0 Å². The minimum Gasteiger partial charge on any atom is -0.495 e. The van der Waals surface area contributed by atoms with Crippen molar-refractivity contribution in [3.63, 3.8) is 0 Å². The molecule has 9 heteroatoms. The summed E-state index contributed by atoms with van der Waals surface area (Å²) in [5.41, 5.74) is 2.10. The highest BCUT2D eigenvalue weighted by molar-refractivity contribution is 5.58. The minimum absolute atomic E-state index is 0.0905. The van der Waals surface area contributed by atoms with Gasteiger partial charge in [-0.2, -0.15) is 0 Å². The number of halogens is 1. The van der Waals surface area contributed by atoms with Crippen LogP contribution < -0.4 is 14.5 Å². The Bertz CT molecular complexity index is 972. The monoisotopic (exact) mass is 427 g/mol. The van der Waals surface area contributed by atoms with Gasteiger partial charge in [-0.25, -0.2) is 9.07 Å². The second-order valence-electron chi connectivity index (χ2n) is 7.55. The number of methoxy groups -OCH3 is 2. The van der Waals surface area contributed by atoms with Gasteiger partial charge in [0, 0.05) is 12.7 Å². The van der Waals surface area contributed by atoms with E-state index in [1.54, 1.807) is 18.9 Å². The summed E-state index contributed by atoms with van der Waals surface area (Å²) >= 11 is 0. The summed E-state index contributed by atoms with van der Waals surface area (Å²) in [4.78, 5) is 3.68. The van der Waals surface area contributed by atoms with E-state index in [1.807, 2.05) is 30.3 Å². The molecule has 1 aliphatic rings. The molecule has 164 valence electrons. The topological polar surface area (TPSA) is 69.7 Å². The van der Waals surface area contributed by atoms with Crippen molar-refractivity contribution in [1.82, 2.24) is 20.2 Å². The molecule has 0 amide bonds. The molecule has 2 aromatic carbocycles. The maximum Gasteiger partial charge on any atom is 0.214 e. The number of rotatable bonds is 8. The average molecular weight is 428 g/mol. The van der Waals surface area contributed by atoms with E-state index in [2.05, 4.69) is 26.5 Å². The number of para-hydroxylation sites is 2. The van der Waals surface area contributed by atoms with Crippen molar-refractivity contribution in [2.24, 2.45) is 0 Å². The number of aromatic nitrogens is 4. The molecular weight excluding hydrogens is 399 g/mol. The Hall–Kier alpha value is -3.04. The molecule has 31 heavy (non-hydrogen) atoms. The van der Waals surface area contributed by atoms with E-state index >= 15 is 0 Å². The molecule has 4 rings (SSSR count). The van der Waals surface area contributed by atoms with Crippen LogP contribution >= 0.6 is 0 Å². The Morgan fingerprint density at radius 1 is 1.06 bits per heavy atom. The highest BCUT2D eigenvalue weighted by atomic mass is 19.1. The van der Waals surface area contributed by atoms with Crippen molar-refractivity contribution in [3.8, 4) is 5.75 Å². The lowest BCUT2D eigenvalue weighted by molar-refractivity contribution is -0.927. The fourth-order valence-corrected chi connectivity index (χ4v) is 4.19. The number of hydrogen-bond acceptors (Lipinski definition) is 6. The number of benzene rings is 2. The third-order valence-corrected chi connectivity index (χ3v) is 5.77. The van der Waals surface area contributed by atoms with Crippen LogP contribution in [-0.2, 0) is 11.3 Å². The Labute approximate surface area is 181 Å². The van der Waals surface area contributed by atoms with E-state index in [4.69, 9.17) is 9.47 Å². The van der Waals surface area contributed by atoms with Crippen LogP contribution in [0, 0.1) is 5.82 Å². The normalized spacial score (nSPS) is 15.8. The maximum absolute atomic E-state index is 13.6. The van der Waals surface area contributed by atoms with Crippen LogP contribution in [-0.4, -0.2) is 67.2 Å². The maximum atomic E-state index is 13.6. The van der Waals surface area contributed by atoms with Gasteiger partial charge >= 0.3 is 0 Å². The van der Waals surface area contributed by atoms with Crippen molar-refractivity contribution in [2.45, 2.75) is 12.6 Å².